The fourth-order valence-corrected chi connectivity index (χ4v) is 1.56. The molecule has 0 unspecified atom stereocenters. The van der Waals surface area contributed by atoms with Crippen molar-refractivity contribution in [3.05, 3.63) is 62.9 Å². The predicted octanol–water partition coefficient (Wildman–Crippen LogP) is 4.29. The molecule has 2 rings (SSSR count). The molecular weight excluding hydrogens is 305 g/mol. The fourth-order valence-electron chi connectivity index (χ4n) is 1.31. The molecule has 0 radical (unpaired) electrons. The Morgan fingerprint density at radius 2 is 1.72 bits per heavy atom. The van der Waals surface area contributed by atoms with E-state index in [4.69, 9.17) is 4.74 Å². The summed E-state index contributed by atoms with van der Waals surface area (Å²) >= 11 is 3.03. The zero-order valence-corrected chi connectivity index (χ0v) is 10.6. The predicted molar refractivity (Wildman–Crippen MR) is 67.3 cm³/mol. The topological polar surface area (TPSA) is 52.4 Å². The lowest BCUT2D eigenvalue weighted by Crippen LogP contribution is -1.89. The number of nitro groups is 1. The van der Waals surface area contributed by atoms with E-state index in [1.807, 2.05) is 0 Å². The fraction of sp³-hybridized carbons (Fsp3) is 0. The molecule has 0 heterocycles. The van der Waals surface area contributed by atoms with Gasteiger partial charge in [-0.3, -0.25) is 10.1 Å². The molecule has 0 N–H and O–H groups in total. The van der Waals surface area contributed by atoms with Gasteiger partial charge >= 0.3 is 0 Å². The molecule has 2 aromatic rings. The average Bonchev–Trinajstić information content (AvgIpc) is 2.34. The maximum absolute atomic E-state index is 13.2. The molecular formula is C12H7BrFNO3. The van der Waals surface area contributed by atoms with Gasteiger partial charge in [-0.15, -0.1) is 0 Å². The summed E-state index contributed by atoms with van der Waals surface area (Å²) in [5, 5.41) is 10.5. The molecule has 0 amide bonds. The third-order valence-electron chi connectivity index (χ3n) is 2.17. The molecule has 0 aliphatic carbocycles. The second-order valence-corrected chi connectivity index (χ2v) is 4.28. The zero-order valence-electron chi connectivity index (χ0n) is 8.97. The molecule has 0 bridgehead atoms. The number of rotatable bonds is 3. The summed E-state index contributed by atoms with van der Waals surface area (Å²) in [6, 6.07) is 9.90. The van der Waals surface area contributed by atoms with Crippen molar-refractivity contribution in [2.75, 3.05) is 0 Å². The van der Waals surface area contributed by atoms with Crippen LogP contribution in [0.5, 0.6) is 11.5 Å². The first-order chi connectivity index (χ1) is 8.56. The van der Waals surface area contributed by atoms with Crippen LogP contribution in [0.3, 0.4) is 0 Å². The maximum atomic E-state index is 13.2. The molecule has 0 aromatic heterocycles. The van der Waals surface area contributed by atoms with Crippen LogP contribution in [0.2, 0.25) is 0 Å². The lowest BCUT2D eigenvalue weighted by molar-refractivity contribution is -0.384. The maximum Gasteiger partial charge on any atom is 0.269 e. The highest BCUT2D eigenvalue weighted by molar-refractivity contribution is 9.10. The number of hydrogen-bond acceptors (Lipinski definition) is 3. The molecule has 6 heteroatoms. The highest BCUT2D eigenvalue weighted by atomic mass is 79.9. The second-order valence-electron chi connectivity index (χ2n) is 3.43. The first-order valence-electron chi connectivity index (χ1n) is 4.93. The van der Waals surface area contributed by atoms with Gasteiger partial charge in [0.1, 0.15) is 17.3 Å². The van der Waals surface area contributed by atoms with E-state index in [0.717, 1.165) is 0 Å². The van der Waals surface area contributed by atoms with Gasteiger partial charge in [-0.25, -0.2) is 4.39 Å². The highest BCUT2D eigenvalue weighted by Gasteiger charge is 2.06. The van der Waals surface area contributed by atoms with Crippen molar-refractivity contribution in [3.8, 4) is 11.5 Å². The van der Waals surface area contributed by atoms with E-state index >= 15 is 0 Å². The lowest BCUT2D eigenvalue weighted by Gasteiger charge is -2.05. The molecule has 4 nitrogen and oxygen atoms in total. The van der Waals surface area contributed by atoms with Crippen LogP contribution < -0.4 is 4.74 Å². The van der Waals surface area contributed by atoms with Crippen molar-refractivity contribution in [1.29, 1.82) is 0 Å². The van der Waals surface area contributed by atoms with E-state index in [1.54, 1.807) is 6.07 Å². The van der Waals surface area contributed by atoms with Gasteiger partial charge in [-0.1, -0.05) is 0 Å². The smallest absolute Gasteiger partial charge is 0.269 e. The summed E-state index contributed by atoms with van der Waals surface area (Å²) in [5.41, 5.74) is -0.0238. The monoisotopic (exact) mass is 311 g/mol. The third-order valence-corrected chi connectivity index (χ3v) is 2.82. The molecule has 18 heavy (non-hydrogen) atoms. The number of benzene rings is 2. The zero-order chi connectivity index (χ0) is 13.1. The standard InChI is InChI=1S/C12H7BrFNO3/c13-11-6-5-10(7-12(11)14)18-9-3-1-8(2-4-9)15(16)17/h1-7H. The Bertz CT molecular complexity index is 586. The van der Waals surface area contributed by atoms with Gasteiger partial charge in [0.05, 0.1) is 9.40 Å². The molecule has 0 fully saturated rings. The van der Waals surface area contributed by atoms with Crippen LogP contribution in [0.1, 0.15) is 0 Å². The summed E-state index contributed by atoms with van der Waals surface area (Å²) in [7, 11) is 0. The van der Waals surface area contributed by atoms with Gasteiger partial charge in [0.25, 0.3) is 5.69 Å². The van der Waals surface area contributed by atoms with Crippen LogP contribution in [-0.4, -0.2) is 4.92 Å². The Labute approximate surface area is 110 Å². The van der Waals surface area contributed by atoms with Crippen molar-refractivity contribution >= 4 is 21.6 Å². The largest absolute Gasteiger partial charge is 0.457 e. The number of halogens is 2. The van der Waals surface area contributed by atoms with E-state index < -0.39 is 10.7 Å². The van der Waals surface area contributed by atoms with Crippen LogP contribution in [0.4, 0.5) is 10.1 Å². The molecule has 92 valence electrons. The van der Waals surface area contributed by atoms with Gasteiger partial charge in [-0.2, -0.15) is 0 Å². The SMILES string of the molecule is O=[N+]([O-])c1ccc(Oc2ccc(Br)c(F)c2)cc1. The minimum absolute atomic E-state index is 0.0238. The van der Waals surface area contributed by atoms with Gasteiger partial charge < -0.3 is 4.74 Å². The molecule has 2 aromatic carbocycles. The number of nitro benzene ring substituents is 1. The average molecular weight is 312 g/mol. The molecule has 0 aliphatic rings. The first-order valence-corrected chi connectivity index (χ1v) is 5.73. The van der Waals surface area contributed by atoms with Gasteiger partial charge in [-0.05, 0) is 40.2 Å². The van der Waals surface area contributed by atoms with Crippen LogP contribution in [0.15, 0.2) is 46.9 Å². The lowest BCUT2D eigenvalue weighted by atomic mass is 10.3. The van der Waals surface area contributed by atoms with Crippen LogP contribution in [-0.2, 0) is 0 Å². The van der Waals surface area contributed by atoms with E-state index in [1.165, 1.54) is 36.4 Å². The summed E-state index contributed by atoms with van der Waals surface area (Å²) in [5.74, 6) is 0.293. The van der Waals surface area contributed by atoms with Crippen molar-refractivity contribution in [2.24, 2.45) is 0 Å². The summed E-state index contributed by atoms with van der Waals surface area (Å²) in [6.07, 6.45) is 0. The normalized spacial score (nSPS) is 10.1. The second kappa shape index (κ2) is 5.14. The van der Waals surface area contributed by atoms with Crippen molar-refractivity contribution in [2.45, 2.75) is 0 Å². The Morgan fingerprint density at radius 1 is 1.11 bits per heavy atom. The van der Waals surface area contributed by atoms with Crippen molar-refractivity contribution in [3.63, 3.8) is 0 Å². The molecule has 0 saturated heterocycles. The van der Waals surface area contributed by atoms with Crippen molar-refractivity contribution in [1.82, 2.24) is 0 Å². The van der Waals surface area contributed by atoms with Crippen LogP contribution >= 0.6 is 15.9 Å². The quantitative estimate of drug-likeness (QED) is 0.627. The molecule has 0 atom stereocenters. The Balaban J connectivity index is 2.18. The van der Waals surface area contributed by atoms with Gasteiger partial charge in [0.15, 0.2) is 0 Å². The third kappa shape index (κ3) is 2.84. The van der Waals surface area contributed by atoms with E-state index in [2.05, 4.69) is 15.9 Å². The first kappa shape index (κ1) is 12.5. The Kier molecular flexibility index (Phi) is 3.57. The minimum Gasteiger partial charge on any atom is -0.457 e. The number of non-ortho nitro benzene ring substituents is 1. The number of ether oxygens (including phenoxy) is 1. The summed E-state index contributed by atoms with van der Waals surface area (Å²) < 4.78 is 18.9. The molecule has 0 saturated carbocycles. The highest BCUT2D eigenvalue weighted by Crippen LogP contribution is 2.26. The van der Waals surface area contributed by atoms with Crippen molar-refractivity contribution < 1.29 is 14.1 Å². The summed E-state index contributed by atoms with van der Waals surface area (Å²) in [6.45, 7) is 0. The van der Waals surface area contributed by atoms with E-state index in [9.17, 15) is 14.5 Å². The number of hydrogen-bond donors (Lipinski definition) is 0. The van der Waals surface area contributed by atoms with Crippen LogP contribution in [0.25, 0.3) is 0 Å². The van der Waals surface area contributed by atoms with E-state index in [-0.39, 0.29) is 5.69 Å². The van der Waals surface area contributed by atoms with E-state index in [0.29, 0.717) is 16.0 Å². The Hall–Kier alpha value is -1.95. The van der Waals surface area contributed by atoms with Gasteiger partial charge in [0.2, 0.25) is 0 Å². The summed E-state index contributed by atoms with van der Waals surface area (Å²) in [4.78, 5) is 9.97. The van der Waals surface area contributed by atoms with Crippen LogP contribution in [0, 0.1) is 15.9 Å². The van der Waals surface area contributed by atoms with Gasteiger partial charge in [0, 0.05) is 18.2 Å². The number of nitrogens with zero attached hydrogens (tertiary/aromatic N) is 1. The molecule has 0 aliphatic heterocycles. The minimum atomic E-state index is -0.497. The Morgan fingerprint density at radius 3 is 2.28 bits per heavy atom. The molecule has 0 spiro atoms.